The van der Waals surface area contributed by atoms with E-state index in [0.29, 0.717) is 5.92 Å². The number of hydrogen-bond donors (Lipinski definition) is 2. The molecule has 0 aromatic rings. The van der Waals surface area contributed by atoms with E-state index in [0.717, 1.165) is 13.1 Å². The van der Waals surface area contributed by atoms with Gasteiger partial charge in [0.15, 0.2) is 0 Å². The molecule has 1 rings (SSSR count). The van der Waals surface area contributed by atoms with E-state index in [9.17, 15) is 4.79 Å². The molecule has 0 saturated carbocycles. The van der Waals surface area contributed by atoms with E-state index in [1.807, 2.05) is 27.7 Å². The lowest BCUT2D eigenvalue weighted by atomic mass is 9.91. The van der Waals surface area contributed by atoms with E-state index in [1.54, 1.807) is 0 Å². The number of carbonyl (C=O) groups excluding carboxylic acids is 1. The molecule has 0 aromatic carbocycles. The second kappa shape index (κ2) is 4.00. The molecule has 0 spiro atoms. The lowest BCUT2D eigenvalue weighted by molar-refractivity contribution is 0.0453. The topological polar surface area (TPSA) is 50.4 Å². The van der Waals surface area contributed by atoms with E-state index in [1.165, 1.54) is 0 Å². The summed E-state index contributed by atoms with van der Waals surface area (Å²) in [5.74, 6) is 0.421. The van der Waals surface area contributed by atoms with E-state index in [2.05, 4.69) is 17.6 Å². The maximum atomic E-state index is 11.6. The van der Waals surface area contributed by atoms with Crippen LogP contribution in [-0.2, 0) is 4.74 Å². The molecule has 15 heavy (non-hydrogen) atoms. The van der Waals surface area contributed by atoms with Crippen LogP contribution in [0.2, 0.25) is 0 Å². The maximum Gasteiger partial charge on any atom is 0.408 e. The second-order valence-electron chi connectivity index (χ2n) is 5.58. The van der Waals surface area contributed by atoms with Crippen molar-refractivity contribution in [1.29, 1.82) is 0 Å². The Hall–Kier alpha value is -0.770. The molecule has 0 aromatic heterocycles. The highest BCUT2D eigenvalue weighted by Gasteiger charge is 2.38. The molecule has 1 aliphatic rings. The molecule has 1 heterocycles. The molecular formula is C11H22N2O2. The Morgan fingerprint density at radius 2 is 2.13 bits per heavy atom. The summed E-state index contributed by atoms with van der Waals surface area (Å²) in [4.78, 5) is 11.6. The third-order valence-corrected chi connectivity index (χ3v) is 2.82. The number of ether oxygens (including phenoxy) is 1. The fraction of sp³-hybridized carbons (Fsp3) is 0.909. The molecule has 0 bridgehead atoms. The summed E-state index contributed by atoms with van der Waals surface area (Å²) >= 11 is 0. The first kappa shape index (κ1) is 12.3. The number of amides is 1. The highest BCUT2D eigenvalue weighted by molar-refractivity contribution is 5.69. The summed E-state index contributed by atoms with van der Waals surface area (Å²) < 4.78 is 5.24. The normalized spacial score (nSPS) is 31.4. The Kier molecular flexibility index (Phi) is 3.28. The third kappa shape index (κ3) is 3.38. The van der Waals surface area contributed by atoms with Gasteiger partial charge in [-0.1, -0.05) is 6.92 Å². The van der Waals surface area contributed by atoms with Crippen molar-refractivity contribution in [2.24, 2.45) is 5.92 Å². The van der Waals surface area contributed by atoms with Crippen LogP contribution in [0, 0.1) is 5.92 Å². The molecule has 0 radical (unpaired) electrons. The summed E-state index contributed by atoms with van der Waals surface area (Å²) in [6.07, 6.45) is -0.333. The van der Waals surface area contributed by atoms with Crippen molar-refractivity contribution in [3.8, 4) is 0 Å². The molecule has 4 nitrogen and oxygen atoms in total. The van der Waals surface area contributed by atoms with Crippen molar-refractivity contribution in [3.63, 3.8) is 0 Å². The fourth-order valence-corrected chi connectivity index (χ4v) is 1.65. The van der Waals surface area contributed by atoms with Gasteiger partial charge in [-0.2, -0.15) is 0 Å². The van der Waals surface area contributed by atoms with Gasteiger partial charge in [0.25, 0.3) is 0 Å². The third-order valence-electron chi connectivity index (χ3n) is 2.82. The molecular weight excluding hydrogens is 192 g/mol. The van der Waals surface area contributed by atoms with E-state index in [4.69, 9.17) is 4.74 Å². The van der Waals surface area contributed by atoms with Crippen molar-refractivity contribution in [2.75, 3.05) is 13.1 Å². The van der Waals surface area contributed by atoms with Gasteiger partial charge in [-0.3, -0.25) is 0 Å². The minimum Gasteiger partial charge on any atom is -0.444 e. The highest BCUT2D eigenvalue weighted by Crippen LogP contribution is 2.21. The van der Waals surface area contributed by atoms with Gasteiger partial charge in [-0.05, 0) is 33.6 Å². The number of alkyl carbamates (subject to hydrolysis) is 1. The molecule has 1 saturated heterocycles. The van der Waals surface area contributed by atoms with Crippen LogP contribution in [0.3, 0.4) is 0 Å². The number of nitrogens with one attached hydrogen (secondary N) is 2. The van der Waals surface area contributed by atoms with E-state index < -0.39 is 5.60 Å². The lowest BCUT2D eigenvalue weighted by Crippen LogP contribution is -2.52. The summed E-state index contributed by atoms with van der Waals surface area (Å²) in [6.45, 7) is 11.5. The van der Waals surface area contributed by atoms with Gasteiger partial charge >= 0.3 is 6.09 Å². The SMILES string of the molecule is C[C@@H]1CNC[C@]1(C)NC(=O)OC(C)(C)C. The zero-order valence-corrected chi connectivity index (χ0v) is 10.3. The monoisotopic (exact) mass is 214 g/mol. The van der Waals surface area contributed by atoms with Crippen molar-refractivity contribution in [1.82, 2.24) is 10.6 Å². The van der Waals surface area contributed by atoms with Gasteiger partial charge in [-0.15, -0.1) is 0 Å². The van der Waals surface area contributed by atoms with Crippen molar-refractivity contribution < 1.29 is 9.53 Å². The first-order valence-electron chi connectivity index (χ1n) is 5.45. The molecule has 2 N–H and O–H groups in total. The summed E-state index contributed by atoms with van der Waals surface area (Å²) in [6, 6.07) is 0. The predicted molar refractivity (Wildman–Crippen MR) is 59.8 cm³/mol. The molecule has 1 fully saturated rings. The largest absolute Gasteiger partial charge is 0.444 e. The molecule has 1 amide bonds. The Morgan fingerprint density at radius 3 is 2.53 bits per heavy atom. The zero-order valence-electron chi connectivity index (χ0n) is 10.3. The van der Waals surface area contributed by atoms with Crippen LogP contribution in [0.5, 0.6) is 0 Å². The summed E-state index contributed by atoms with van der Waals surface area (Å²) in [7, 11) is 0. The lowest BCUT2D eigenvalue weighted by Gasteiger charge is -2.31. The quantitative estimate of drug-likeness (QED) is 0.695. The first-order chi connectivity index (χ1) is 6.73. The smallest absolute Gasteiger partial charge is 0.408 e. The molecule has 1 aliphatic heterocycles. The molecule has 0 unspecified atom stereocenters. The average Bonchev–Trinajstić information content (AvgIpc) is 2.27. The van der Waals surface area contributed by atoms with Gasteiger partial charge in [0.05, 0.1) is 5.54 Å². The molecule has 0 aliphatic carbocycles. The van der Waals surface area contributed by atoms with Crippen LogP contribution in [0.25, 0.3) is 0 Å². The minimum atomic E-state index is -0.435. The van der Waals surface area contributed by atoms with Crippen LogP contribution in [-0.4, -0.2) is 30.3 Å². The highest BCUT2D eigenvalue weighted by atomic mass is 16.6. The van der Waals surface area contributed by atoms with E-state index in [-0.39, 0.29) is 11.6 Å². The van der Waals surface area contributed by atoms with Gasteiger partial charge < -0.3 is 15.4 Å². The molecule has 4 heteroatoms. The molecule has 2 atom stereocenters. The Labute approximate surface area is 91.8 Å². The second-order valence-corrected chi connectivity index (χ2v) is 5.58. The van der Waals surface area contributed by atoms with Crippen LogP contribution in [0.15, 0.2) is 0 Å². The Morgan fingerprint density at radius 1 is 1.53 bits per heavy atom. The molecule has 88 valence electrons. The average molecular weight is 214 g/mol. The first-order valence-corrected chi connectivity index (χ1v) is 5.45. The van der Waals surface area contributed by atoms with Gasteiger partial charge in [0.1, 0.15) is 5.60 Å². The number of carbonyl (C=O) groups is 1. The summed E-state index contributed by atoms with van der Waals surface area (Å²) in [5, 5.41) is 6.20. The van der Waals surface area contributed by atoms with Crippen LogP contribution in [0.4, 0.5) is 4.79 Å². The van der Waals surface area contributed by atoms with E-state index >= 15 is 0 Å². The Bertz CT molecular complexity index is 247. The van der Waals surface area contributed by atoms with Crippen molar-refractivity contribution >= 4 is 6.09 Å². The van der Waals surface area contributed by atoms with Crippen LogP contribution >= 0.6 is 0 Å². The summed E-state index contributed by atoms with van der Waals surface area (Å²) in [5.41, 5.74) is -0.627. The van der Waals surface area contributed by atoms with Crippen LogP contribution in [0.1, 0.15) is 34.6 Å². The van der Waals surface area contributed by atoms with Gasteiger partial charge in [-0.25, -0.2) is 4.79 Å². The van der Waals surface area contributed by atoms with Gasteiger partial charge in [0, 0.05) is 13.1 Å². The number of hydrogen-bond acceptors (Lipinski definition) is 3. The number of rotatable bonds is 1. The Balaban J connectivity index is 2.51. The van der Waals surface area contributed by atoms with Crippen LogP contribution < -0.4 is 10.6 Å². The maximum absolute atomic E-state index is 11.6. The fourth-order valence-electron chi connectivity index (χ4n) is 1.65. The van der Waals surface area contributed by atoms with Crippen molar-refractivity contribution in [2.45, 2.75) is 45.8 Å². The van der Waals surface area contributed by atoms with Crippen molar-refractivity contribution in [3.05, 3.63) is 0 Å². The van der Waals surface area contributed by atoms with Gasteiger partial charge in [0.2, 0.25) is 0 Å². The zero-order chi connectivity index (χ0) is 11.7. The minimum absolute atomic E-state index is 0.192. The predicted octanol–water partition coefficient (Wildman–Crippen LogP) is 1.51. The standard InChI is InChI=1S/C11H22N2O2/c1-8-6-12-7-11(8,5)13-9(14)15-10(2,3)4/h8,12H,6-7H2,1-5H3,(H,13,14)/t8-,11+/m1/s1.